The van der Waals surface area contributed by atoms with Crippen molar-refractivity contribution in [1.82, 2.24) is 15.5 Å². The minimum Gasteiger partial charge on any atom is -0.489 e. The number of nitrogens with one attached hydrogen (secondary N) is 2. The lowest BCUT2D eigenvalue weighted by atomic mass is 10.0. The van der Waals surface area contributed by atoms with Crippen LogP contribution < -0.4 is 21.1 Å². The molecule has 2 aliphatic heterocycles. The molecule has 0 spiro atoms. The largest absolute Gasteiger partial charge is 0.489 e. The third kappa shape index (κ3) is 4.72. The van der Waals surface area contributed by atoms with Gasteiger partial charge in [0.1, 0.15) is 18.4 Å². The second-order valence-electron chi connectivity index (χ2n) is 7.88. The molecule has 33 heavy (non-hydrogen) atoms. The molecular formula is C24H24N4O5. The molecule has 1 saturated heterocycles. The van der Waals surface area contributed by atoms with Crippen LogP contribution in [0.5, 0.6) is 5.75 Å². The lowest BCUT2D eigenvalue weighted by Crippen LogP contribution is -2.52. The van der Waals surface area contributed by atoms with Gasteiger partial charge in [-0.15, -0.1) is 0 Å². The summed E-state index contributed by atoms with van der Waals surface area (Å²) in [6.07, 6.45) is 2.41. The molecule has 2 aromatic rings. The summed E-state index contributed by atoms with van der Waals surface area (Å²) in [5.74, 6) is -0.397. The maximum absolute atomic E-state index is 12.9. The summed E-state index contributed by atoms with van der Waals surface area (Å²) in [6.45, 7) is 1.03. The minimum atomic E-state index is -0.662. The van der Waals surface area contributed by atoms with Gasteiger partial charge in [0.25, 0.3) is 5.91 Å². The molecule has 0 aromatic heterocycles. The van der Waals surface area contributed by atoms with E-state index < -0.39 is 11.9 Å². The van der Waals surface area contributed by atoms with Gasteiger partial charge in [-0.3, -0.25) is 24.5 Å². The molecule has 1 atom stereocenters. The van der Waals surface area contributed by atoms with Crippen molar-refractivity contribution in [2.24, 2.45) is 5.73 Å². The highest BCUT2D eigenvalue weighted by Gasteiger charge is 2.40. The monoisotopic (exact) mass is 448 g/mol. The highest BCUT2D eigenvalue weighted by molar-refractivity contribution is 6.05. The van der Waals surface area contributed by atoms with Crippen LogP contribution in [-0.2, 0) is 34.1 Å². The van der Waals surface area contributed by atoms with Gasteiger partial charge in [-0.05, 0) is 29.7 Å². The first kappa shape index (κ1) is 22.1. The number of fused-ring (bicyclic) bond motifs is 1. The van der Waals surface area contributed by atoms with Gasteiger partial charge in [0.15, 0.2) is 6.29 Å². The van der Waals surface area contributed by atoms with E-state index in [4.69, 9.17) is 10.5 Å². The number of benzene rings is 2. The van der Waals surface area contributed by atoms with Crippen molar-refractivity contribution in [3.05, 3.63) is 76.6 Å². The van der Waals surface area contributed by atoms with Crippen LogP contribution >= 0.6 is 0 Å². The van der Waals surface area contributed by atoms with Gasteiger partial charge in [0, 0.05) is 30.3 Å². The summed E-state index contributed by atoms with van der Waals surface area (Å²) in [5.41, 5.74) is 8.83. The van der Waals surface area contributed by atoms with Crippen molar-refractivity contribution in [3.8, 4) is 5.75 Å². The quantitative estimate of drug-likeness (QED) is 0.313. The van der Waals surface area contributed by atoms with E-state index in [1.165, 1.54) is 11.1 Å². The van der Waals surface area contributed by atoms with Crippen molar-refractivity contribution < 1.29 is 23.9 Å². The highest BCUT2D eigenvalue weighted by Crippen LogP contribution is 2.33. The smallest absolute Gasteiger partial charge is 0.255 e. The average Bonchev–Trinajstić information content (AvgIpc) is 3.16. The Labute approximate surface area is 190 Å². The van der Waals surface area contributed by atoms with Gasteiger partial charge in [-0.2, -0.15) is 0 Å². The molecule has 4 N–H and O–H groups in total. The summed E-state index contributed by atoms with van der Waals surface area (Å²) in [4.78, 5) is 48.9. The number of aldehydes is 1. The second-order valence-corrected chi connectivity index (χ2v) is 7.88. The number of allylic oxidation sites excluding steroid dienone is 1. The Morgan fingerprint density at radius 1 is 1.15 bits per heavy atom. The number of piperidine rings is 1. The van der Waals surface area contributed by atoms with Crippen molar-refractivity contribution in [2.45, 2.75) is 38.6 Å². The number of rotatable bonds is 8. The fourth-order valence-electron chi connectivity index (χ4n) is 3.95. The van der Waals surface area contributed by atoms with Crippen LogP contribution in [0.2, 0.25) is 0 Å². The molecule has 2 aliphatic rings. The van der Waals surface area contributed by atoms with Crippen LogP contribution in [0.4, 0.5) is 0 Å². The van der Waals surface area contributed by atoms with Gasteiger partial charge in [0.2, 0.25) is 11.8 Å². The van der Waals surface area contributed by atoms with E-state index in [1.54, 1.807) is 18.2 Å². The molecule has 0 saturated carbocycles. The van der Waals surface area contributed by atoms with Gasteiger partial charge >= 0.3 is 0 Å². The molecule has 0 bridgehead atoms. The van der Waals surface area contributed by atoms with Crippen LogP contribution in [0.1, 0.15) is 39.9 Å². The molecule has 3 amide bonds. The second kappa shape index (κ2) is 9.56. The molecule has 0 aliphatic carbocycles. The fraction of sp³-hybridized carbons (Fsp3) is 0.250. The lowest BCUT2D eigenvalue weighted by Gasteiger charge is -2.29. The van der Waals surface area contributed by atoms with Gasteiger partial charge in [-0.25, -0.2) is 0 Å². The molecule has 0 radical (unpaired) electrons. The zero-order valence-electron chi connectivity index (χ0n) is 17.9. The van der Waals surface area contributed by atoms with E-state index in [1.807, 2.05) is 24.3 Å². The summed E-state index contributed by atoms with van der Waals surface area (Å²) in [6, 6.07) is 12.3. The van der Waals surface area contributed by atoms with Crippen molar-refractivity contribution >= 4 is 24.0 Å². The Kier molecular flexibility index (Phi) is 6.39. The van der Waals surface area contributed by atoms with E-state index in [-0.39, 0.29) is 24.8 Å². The molecule has 2 heterocycles. The van der Waals surface area contributed by atoms with Crippen LogP contribution in [0.15, 0.2) is 54.4 Å². The number of carbonyl (C=O) groups excluding carboxylic acids is 4. The molecule has 1 unspecified atom stereocenters. The highest BCUT2D eigenvalue weighted by atomic mass is 16.5. The van der Waals surface area contributed by atoms with Crippen LogP contribution in [-0.4, -0.2) is 34.9 Å². The Hall–Kier alpha value is -4.14. The number of imide groups is 1. The number of amides is 3. The zero-order valence-corrected chi connectivity index (χ0v) is 17.9. The Balaban J connectivity index is 1.40. The Bertz CT molecular complexity index is 1130. The van der Waals surface area contributed by atoms with Crippen LogP contribution in [0.3, 0.4) is 0 Å². The number of nitrogens with zero attached hydrogens (tertiary/aromatic N) is 1. The first-order chi connectivity index (χ1) is 16.0. The maximum Gasteiger partial charge on any atom is 0.255 e. The van der Waals surface area contributed by atoms with Crippen molar-refractivity contribution in [1.29, 1.82) is 0 Å². The number of carbonyl (C=O) groups is 4. The molecule has 9 nitrogen and oxygen atoms in total. The van der Waals surface area contributed by atoms with Crippen LogP contribution in [0, 0.1) is 0 Å². The standard InChI is InChI=1S/C24H24N4O5/c25-10-17(13-29)26-11-15-4-6-16(7-5-15)14-33-21-3-1-2-18-19(21)12-28(24(18)32)20-8-9-22(30)27-23(20)31/h1-7,10,13,20,26H,8-9,11-12,14,25H2,(H,27,30,31)/b17-10-. The molecule has 170 valence electrons. The van der Waals surface area contributed by atoms with Crippen LogP contribution in [0.25, 0.3) is 0 Å². The first-order valence-electron chi connectivity index (χ1n) is 10.6. The minimum absolute atomic E-state index is 0.213. The SMILES string of the molecule is N/C=C(/C=O)NCc1ccc(COc2cccc3c2CN(C2CCC(=O)NC2=O)C3=O)cc1. The Morgan fingerprint density at radius 2 is 1.91 bits per heavy atom. The van der Waals surface area contributed by atoms with Gasteiger partial charge in [0.05, 0.1) is 12.2 Å². The molecule has 4 rings (SSSR count). The molecular weight excluding hydrogens is 424 g/mol. The van der Waals surface area contributed by atoms with Gasteiger partial charge in [-0.1, -0.05) is 30.3 Å². The topological polar surface area (TPSA) is 131 Å². The van der Waals surface area contributed by atoms with E-state index in [0.717, 1.165) is 16.7 Å². The fourth-order valence-corrected chi connectivity index (χ4v) is 3.95. The zero-order chi connectivity index (χ0) is 23.4. The maximum atomic E-state index is 12.9. The first-order valence-corrected chi connectivity index (χ1v) is 10.6. The van der Waals surface area contributed by atoms with Gasteiger partial charge < -0.3 is 20.7 Å². The molecule has 9 heteroatoms. The Morgan fingerprint density at radius 3 is 2.61 bits per heavy atom. The summed E-state index contributed by atoms with van der Waals surface area (Å²) in [5, 5.41) is 5.24. The summed E-state index contributed by atoms with van der Waals surface area (Å²) >= 11 is 0. The number of hydrogen-bond acceptors (Lipinski definition) is 7. The van der Waals surface area contributed by atoms with E-state index in [9.17, 15) is 19.2 Å². The predicted molar refractivity (Wildman–Crippen MR) is 118 cm³/mol. The summed E-state index contributed by atoms with van der Waals surface area (Å²) < 4.78 is 6.01. The van der Waals surface area contributed by atoms with Crippen molar-refractivity contribution in [3.63, 3.8) is 0 Å². The molecule has 1 fully saturated rings. The molecule has 2 aromatic carbocycles. The van der Waals surface area contributed by atoms with E-state index in [0.29, 0.717) is 42.9 Å². The predicted octanol–water partition coefficient (Wildman–Crippen LogP) is 1.12. The van der Waals surface area contributed by atoms with E-state index >= 15 is 0 Å². The number of ether oxygens (including phenoxy) is 1. The van der Waals surface area contributed by atoms with Crippen molar-refractivity contribution in [2.75, 3.05) is 0 Å². The van der Waals surface area contributed by atoms with E-state index in [2.05, 4.69) is 10.6 Å². The third-order valence-electron chi connectivity index (χ3n) is 5.76. The normalized spacial score (nSPS) is 18.1. The number of hydrogen-bond donors (Lipinski definition) is 3. The average molecular weight is 448 g/mol. The summed E-state index contributed by atoms with van der Waals surface area (Å²) in [7, 11) is 0. The number of nitrogens with two attached hydrogens (primary N) is 1. The third-order valence-corrected chi connectivity index (χ3v) is 5.76. The lowest BCUT2D eigenvalue weighted by molar-refractivity contribution is -0.136.